The van der Waals surface area contributed by atoms with Crippen molar-refractivity contribution in [3.63, 3.8) is 0 Å². The van der Waals surface area contributed by atoms with Crippen molar-refractivity contribution in [2.75, 3.05) is 26.9 Å². The molecule has 1 unspecified atom stereocenters. The van der Waals surface area contributed by atoms with E-state index in [1.54, 1.807) is 13.8 Å². The highest BCUT2D eigenvalue weighted by Gasteiger charge is 2.63. The van der Waals surface area contributed by atoms with Gasteiger partial charge in [0.1, 0.15) is 24.4 Å². The van der Waals surface area contributed by atoms with Gasteiger partial charge in [-0.05, 0) is 40.5 Å². The number of alkyl halides is 1. The molecule has 1 fully saturated rings. The number of ether oxygens (including phenoxy) is 6. The SMILES string of the molecule is CC(C)OC(=O)OCOP(=O)(OCOC(=O)OC(C)C)OC[C@@]1(CF)O[C@@H](n2ccc(=O)n(COC(=O)C(N)C(C)C)c2=O)[C@](C)(O)[C@@H]1O.Cl. The molecular weight excluding hydrogens is 724 g/mol. The third-order valence-corrected chi connectivity index (χ3v) is 7.99. The van der Waals surface area contributed by atoms with Crippen molar-refractivity contribution in [1.82, 2.24) is 9.13 Å². The van der Waals surface area contributed by atoms with Crippen molar-refractivity contribution in [2.45, 2.75) is 97.0 Å². The van der Waals surface area contributed by atoms with Crippen LogP contribution in [0.25, 0.3) is 0 Å². The number of carbonyl (C=O) groups is 3. The number of phosphoric acid groups is 1. The van der Waals surface area contributed by atoms with Crippen molar-refractivity contribution < 1.29 is 75.5 Å². The van der Waals surface area contributed by atoms with Crippen LogP contribution in [-0.2, 0) is 58.1 Å². The largest absolute Gasteiger partial charge is 0.510 e. The Bertz CT molecular complexity index is 1440. The summed E-state index contributed by atoms with van der Waals surface area (Å²) in [6, 6.07) is -0.217. The normalized spacial score (nSPS) is 22.6. The number of aromatic nitrogens is 2. The molecule has 0 radical (unpaired) electrons. The average molecular weight is 768 g/mol. The second-order valence-corrected chi connectivity index (χ2v) is 13.4. The van der Waals surface area contributed by atoms with Gasteiger partial charge in [-0.3, -0.25) is 18.7 Å². The lowest BCUT2D eigenvalue weighted by Crippen LogP contribution is -2.53. The van der Waals surface area contributed by atoms with Gasteiger partial charge in [-0.25, -0.2) is 37.0 Å². The lowest BCUT2D eigenvalue weighted by molar-refractivity contribution is -0.151. The van der Waals surface area contributed by atoms with Crippen LogP contribution in [0.3, 0.4) is 0 Å². The van der Waals surface area contributed by atoms with Crippen LogP contribution in [0.2, 0.25) is 0 Å². The molecule has 0 amide bonds. The van der Waals surface area contributed by atoms with E-state index in [1.807, 2.05) is 0 Å². The zero-order valence-corrected chi connectivity index (χ0v) is 30.1. The molecule has 4 N–H and O–H groups in total. The van der Waals surface area contributed by atoms with E-state index in [4.69, 9.17) is 38.3 Å². The highest BCUT2D eigenvalue weighted by atomic mass is 35.5. The first-order valence-corrected chi connectivity index (χ1v) is 16.2. The first kappa shape index (κ1) is 44.9. The third kappa shape index (κ3) is 11.7. The van der Waals surface area contributed by atoms with Gasteiger partial charge in [0.2, 0.25) is 13.6 Å². The summed E-state index contributed by atoms with van der Waals surface area (Å²) < 4.78 is 73.6. The van der Waals surface area contributed by atoms with E-state index >= 15 is 0 Å². The first-order chi connectivity index (χ1) is 22.7. The number of nitrogens with zero attached hydrogens (tertiary/aromatic N) is 2. The Morgan fingerprint density at radius 3 is 1.98 bits per heavy atom. The highest BCUT2D eigenvalue weighted by molar-refractivity contribution is 7.48. The van der Waals surface area contributed by atoms with Gasteiger partial charge < -0.3 is 44.4 Å². The summed E-state index contributed by atoms with van der Waals surface area (Å²) in [5.74, 6) is -1.24. The van der Waals surface area contributed by atoms with E-state index in [9.17, 15) is 43.1 Å². The summed E-state index contributed by atoms with van der Waals surface area (Å²) >= 11 is 0. The standard InChI is InChI=1S/C27H43FN3O17P.ClH/c1-15(2)19(29)20(33)40-12-31-18(32)8-9-30(23(31)35)22-26(7,38)21(34)27(10-28,48-22)11-43-49(39,44-13-41-24(36)46-16(3)4)45-14-42-25(37)47-17(5)6;/h8-9,15-17,19,21-22,34,38H,10-14,29H2,1-7H3;1H/t19?,21-,22+,26+,27+;/m0./s1. The van der Waals surface area contributed by atoms with Crippen LogP contribution in [0.5, 0.6) is 0 Å². The molecule has 0 aromatic carbocycles. The Kier molecular flexibility index (Phi) is 17.0. The predicted octanol–water partition coefficient (Wildman–Crippen LogP) is 1.46. The van der Waals surface area contributed by atoms with E-state index in [1.165, 1.54) is 27.7 Å². The molecule has 288 valence electrons. The van der Waals surface area contributed by atoms with Crippen LogP contribution in [0.15, 0.2) is 21.9 Å². The number of aliphatic hydroxyl groups is 2. The van der Waals surface area contributed by atoms with Gasteiger partial charge in [-0.15, -0.1) is 12.4 Å². The highest BCUT2D eigenvalue weighted by Crippen LogP contribution is 2.52. The minimum absolute atomic E-state index is 0. The number of hydrogen-bond acceptors (Lipinski definition) is 18. The topological polar surface area (TPSA) is 262 Å². The van der Waals surface area contributed by atoms with Gasteiger partial charge in [-0.1, -0.05) is 13.8 Å². The molecule has 2 heterocycles. The molecule has 5 atom stereocenters. The second-order valence-electron chi connectivity index (χ2n) is 11.8. The predicted molar refractivity (Wildman–Crippen MR) is 167 cm³/mol. The molecule has 20 nitrogen and oxygen atoms in total. The van der Waals surface area contributed by atoms with E-state index in [0.29, 0.717) is 9.13 Å². The minimum Gasteiger partial charge on any atom is -0.442 e. The van der Waals surface area contributed by atoms with Crippen LogP contribution >= 0.6 is 20.2 Å². The fraction of sp³-hybridized carbons (Fsp3) is 0.741. The fourth-order valence-corrected chi connectivity index (χ4v) is 4.99. The van der Waals surface area contributed by atoms with Crippen LogP contribution < -0.4 is 17.0 Å². The molecule has 50 heavy (non-hydrogen) atoms. The molecule has 1 saturated heterocycles. The van der Waals surface area contributed by atoms with Gasteiger partial charge in [0.05, 0.1) is 18.8 Å². The Balaban J connectivity index is 0.0000125. The lowest BCUT2D eigenvalue weighted by Gasteiger charge is -2.31. The van der Waals surface area contributed by atoms with Crippen molar-refractivity contribution in [3.05, 3.63) is 33.1 Å². The number of phosphoric ester groups is 1. The maximum Gasteiger partial charge on any atom is 0.510 e. The Morgan fingerprint density at radius 2 is 1.52 bits per heavy atom. The monoisotopic (exact) mass is 767 g/mol. The zero-order valence-electron chi connectivity index (χ0n) is 28.4. The molecular formula is C27H44ClFN3O17P. The fourth-order valence-electron chi connectivity index (χ4n) is 4.02. The molecule has 0 aliphatic carbocycles. The molecule has 1 aliphatic heterocycles. The smallest absolute Gasteiger partial charge is 0.442 e. The van der Waals surface area contributed by atoms with Gasteiger partial charge in [0.15, 0.2) is 18.6 Å². The number of esters is 1. The summed E-state index contributed by atoms with van der Waals surface area (Å²) in [6.45, 7) is 4.33. The molecule has 0 spiro atoms. The van der Waals surface area contributed by atoms with Crippen molar-refractivity contribution in [1.29, 1.82) is 0 Å². The maximum atomic E-state index is 14.7. The summed E-state index contributed by atoms with van der Waals surface area (Å²) in [4.78, 5) is 61.4. The molecule has 1 aliphatic rings. The van der Waals surface area contributed by atoms with Crippen molar-refractivity contribution in [2.24, 2.45) is 11.7 Å². The lowest BCUT2D eigenvalue weighted by atomic mass is 9.88. The zero-order chi connectivity index (χ0) is 37.3. The van der Waals surface area contributed by atoms with E-state index in [-0.39, 0.29) is 18.3 Å². The van der Waals surface area contributed by atoms with Gasteiger partial charge in [0.25, 0.3) is 5.56 Å². The van der Waals surface area contributed by atoms with Gasteiger partial charge in [0, 0.05) is 12.3 Å². The Morgan fingerprint density at radius 1 is 1.00 bits per heavy atom. The Hall–Kier alpha value is -3.14. The quantitative estimate of drug-likeness (QED) is 0.0877. The van der Waals surface area contributed by atoms with Crippen molar-refractivity contribution in [3.8, 4) is 0 Å². The van der Waals surface area contributed by atoms with E-state index in [2.05, 4.69) is 9.47 Å². The van der Waals surface area contributed by atoms with Crippen LogP contribution in [0.4, 0.5) is 14.0 Å². The van der Waals surface area contributed by atoms with Crippen molar-refractivity contribution >= 4 is 38.5 Å². The van der Waals surface area contributed by atoms with Gasteiger partial charge in [-0.2, -0.15) is 0 Å². The second kappa shape index (κ2) is 18.9. The van der Waals surface area contributed by atoms with Gasteiger partial charge >= 0.3 is 31.8 Å². The number of halogens is 2. The first-order valence-electron chi connectivity index (χ1n) is 14.8. The molecule has 0 saturated carbocycles. The van der Waals surface area contributed by atoms with Crippen LogP contribution in [0, 0.1) is 5.92 Å². The number of hydrogen-bond donors (Lipinski definition) is 3. The summed E-state index contributed by atoms with van der Waals surface area (Å²) in [7, 11) is -5.00. The summed E-state index contributed by atoms with van der Waals surface area (Å²) in [5, 5.41) is 22.3. The number of carbonyl (C=O) groups excluding carboxylic acids is 3. The van der Waals surface area contributed by atoms with E-state index < -0.39 is 113 Å². The molecule has 23 heteroatoms. The summed E-state index contributed by atoms with van der Waals surface area (Å²) in [6.07, 6.45) is -6.95. The average Bonchev–Trinajstić information content (AvgIpc) is 3.19. The minimum atomic E-state index is -5.00. The molecule has 1 aromatic heterocycles. The van der Waals surface area contributed by atoms with Crippen LogP contribution in [-0.4, -0.2) is 100 Å². The maximum absolute atomic E-state index is 14.7. The molecule has 1 aromatic rings. The molecule has 2 rings (SSSR count). The molecule has 0 bridgehead atoms. The number of rotatable bonds is 17. The Labute approximate surface area is 291 Å². The third-order valence-electron chi connectivity index (χ3n) is 6.70. The van der Waals surface area contributed by atoms with Crippen LogP contribution in [0.1, 0.15) is 54.7 Å². The number of nitrogens with two attached hydrogens (primary N) is 1. The number of aliphatic hydroxyl groups excluding tert-OH is 1. The van der Waals surface area contributed by atoms with E-state index in [0.717, 1.165) is 19.2 Å². The summed E-state index contributed by atoms with van der Waals surface area (Å²) in [5.41, 5.74) is -1.50.